The van der Waals surface area contributed by atoms with Crippen molar-refractivity contribution in [2.75, 3.05) is 10.7 Å². The molecule has 2 aromatic rings. The van der Waals surface area contributed by atoms with Gasteiger partial charge in [-0.05, 0) is 36.6 Å². The molecule has 0 atom stereocenters. The minimum atomic E-state index is -0.243. The maximum atomic E-state index is 12.3. The Labute approximate surface area is 123 Å². The average Bonchev–Trinajstić information content (AvgIpc) is 2.49. The van der Waals surface area contributed by atoms with Crippen molar-refractivity contribution in [3.63, 3.8) is 0 Å². The molecule has 21 heavy (non-hydrogen) atoms. The molecule has 6 heteroatoms. The first-order chi connectivity index (χ1) is 9.99. The molecule has 0 aliphatic rings. The van der Waals surface area contributed by atoms with E-state index in [1.807, 2.05) is 26.8 Å². The van der Waals surface area contributed by atoms with Gasteiger partial charge in [-0.15, -0.1) is 0 Å². The Kier molecular flexibility index (Phi) is 4.49. The van der Waals surface area contributed by atoms with Gasteiger partial charge in [-0.3, -0.25) is 4.79 Å². The number of nitrogens with two attached hydrogens (primary N) is 1. The van der Waals surface area contributed by atoms with Crippen molar-refractivity contribution in [1.82, 2.24) is 9.97 Å². The Morgan fingerprint density at radius 2 is 2.00 bits per heavy atom. The second-order valence-electron chi connectivity index (χ2n) is 5.14. The lowest BCUT2D eigenvalue weighted by atomic mass is 10.1. The standard InChI is InChI=1S/C15H19N5O/c1-9(2)12-6-11(7-14(18-12)20-16)15(21)19-13-5-4-10(3)8-17-13/h4-9H,16H2,1-3H3,(H,18,20)(H,17,19,21). The van der Waals surface area contributed by atoms with Crippen LogP contribution in [0.1, 0.15) is 41.4 Å². The van der Waals surface area contributed by atoms with Crippen molar-refractivity contribution < 1.29 is 4.79 Å². The molecule has 4 N–H and O–H groups in total. The molecule has 0 saturated carbocycles. The van der Waals surface area contributed by atoms with Gasteiger partial charge < -0.3 is 10.7 Å². The summed E-state index contributed by atoms with van der Waals surface area (Å²) in [5.74, 6) is 6.33. The molecular formula is C15H19N5O. The molecule has 0 bridgehead atoms. The number of carbonyl (C=O) groups excluding carboxylic acids is 1. The topological polar surface area (TPSA) is 92.9 Å². The number of hydrogen-bond donors (Lipinski definition) is 3. The minimum Gasteiger partial charge on any atom is -0.308 e. The predicted octanol–water partition coefficient (Wildman–Crippen LogP) is 2.45. The lowest BCUT2D eigenvalue weighted by molar-refractivity contribution is 0.102. The van der Waals surface area contributed by atoms with E-state index in [1.54, 1.807) is 24.4 Å². The molecule has 2 rings (SSSR count). The van der Waals surface area contributed by atoms with Gasteiger partial charge in [0.2, 0.25) is 0 Å². The number of nitrogen functional groups attached to an aromatic ring is 1. The number of rotatable bonds is 4. The summed E-state index contributed by atoms with van der Waals surface area (Å²) < 4.78 is 0. The summed E-state index contributed by atoms with van der Waals surface area (Å²) in [7, 11) is 0. The SMILES string of the molecule is Cc1ccc(NC(=O)c2cc(NN)nc(C(C)C)c2)nc1. The first-order valence-electron chi connectivity index (χ1n) is 6.72. The van der Waals surface area contributed by atoms with Crippen LogP contribution in [-0.4, -0.2) is 15.9 Å². The van der Waals surface area contributed by atoms with Gasteiger partial charge in [0, 0.05) is 17.5 Å². The van der Waals surface area contributed by atoms with E-state index in [1.165, 1.54) is 0 Å². The van der Waals surface area contributed by atoms with E-state index in [4.69, 9.17) is 5.84 Å². The fourth-order valence-electron chi connectivity index (χ4n) is 1.78. The van der Waals surface area contributed by atoms with Crippen molar-refractivity contribution >= 4 is 17.5 Å². The summed E-state index contributed by atoms with van der Waals surface area (Å²) in [6, 6.07) is 7.02. The number of aryl methyl sites for hydroxylation is 1. The number of anilines is 2. The zero-order chi connectivity index (χ0) is 15.4. The van der Waals surface area contributed by atoms with Crippen LogP contribution in [0, 0.1) is 6.92 Å². The minimum absolute atomic E-state index is 0.197. The maximum Gasteiger partial charge on any atom is 0.257 e. The van der Waals surface area contributed by atoms with Crippen molar-refractivity contribution in [2.45, 2.75) is 26.7 Å². The zero-order valence-electron chi connectivity index (χ0n) is 12.3. The smallest absolute Gasteiger partial charge is 0.257 e. The number of aromatic nitrogens is 2. The second-order valence-corrected chi connectivity index (χ2v) is 5.14. The molecule has 2 aromatic heterocycles. The van der Waals surface area contributed by atoms with Crippen molar-refractivity contribution in [3.8, 4) is 0 Å². The van der Waals surface area contributed by atoms with E-state index in [0.29, 0.717) is 17.2 Å². The van der Waals surface area contributed by atoms with E-state index in [-0.39, 0.29) is 11.8 Å². The Morgan fingerprint density at radius 1 is 1.24 bits per heavy atom. The number of pyridine rings is 2. The summed E-state index contributed by atoms with van der Waals surface area (Å²) in [5, 5.41) is 2.76. The highest BCUT2D eigenvalue weighted by molar-refractivity contribution is 6.04. The van der Waals surface area contributed by atoms with E-state index >= 15 is 0 Å². The Hall–Kier alpha value is -2.47. The molecule has 0 aliphatic carbocycles. The number of nitrogens with zero attached hydrogens (tertiary/aromatic N) is 2. The monoisotopic (exact) mass is 285 g/mol. The Morgan fingerprint density at radius 3 is 2.57 bits per heavy atom. The fourth-order valence-corrected chi connectivity index (χ4v) is 1.78. The van der Waals surface area contributed by atoms with E-state index < -0.39 is 0 Å². The molecule has 2 heterocycles. The van der Waals surface area contributed by atoms with Crippen LogP contribution in [0.5, 0.6) is 0 Å². The first kappa shape index (κ1) is 14.9. The fraction of sp³-hybridized carbons (Fsp3) is 0.267. The third-order valence-electron chi connectivity index (χ3n) is 3.00. The van der Waals surface area contributed by atoms with Gasteiger partial charge in [0.25, 0.3) is 5.91 Å². The molecule has 6 nitrogen and oxygen atoms in total. The molecular weight excluding hydrogens is 266 g/mol. The summed E-state index contributed by atoms with van der Waals surface area (Å²) in [5.41, 5.74) is 4.81. The number of hydrazine groups is 1. The highest BCUT2D eigenvalue weighted by atomic mass is 16.1. The number of nitrogens with one attached hydrogen (secondary N) is 2. The van der Waals surface area contributed by atoms with Crippen LogP contribution in [0.3, 0.4) is 0 Å². The normalized spacial score (nSPS) is 10.5. The van der Waals surface area contributed by atoms with Crippen LogP contribution in [-0.2, 0) is 0 Å². The molecule has 0 fully saturated rings. The zero-order valence-corrected chi connectivity index (χ0v) is 12.3. The van der Waals surface area contributed by atoms with Crippen LogP contribution in [0.2, 0.25) is 0 Å². The Bertz CT molecular complexity index is 637. The lowest BCUT2D eigenvalue weighted by Crippen LogP contribution is -2.16. The van der Waals surface area contributed by atoms with E-state index in [2.05, 4.69) is 20.7 Å². The molecule has 0 saturated heterocycles. The van der Waals surface area contributed by atoms with E-state index in [9.17, 15) is 4.79 Å². The highest BCUT2D eigenvalue weighted by Crippen LogP contribution is 2.18. The number of amides is 1. The van der Waals surface area contributed by atoms with Gasteiger partial charge in [0.05, 0.1) is 0 Å². The molecule has 0 spiro atoms. The van der Waals surface area contributed by atoms with Gasteiger partial charge in [0.15, 0.2) is 0 Å². The predicted molar refractivity (Wildman–Crippen MR) is 83.1 cm³/mol. The summed E-state index contributed by atoms with van der Waals surface area (Å²) >= 11 is 0. The third kappa shape index (κ3) is 3.76. The van der Waals surface area contributed by atoms with Crippen LogP contribution in [0.25, 0.3) is 0 Å². The molecule has 110 valence electrons. The summed E-state index contributed by atoms with van der Waals surface area (Å²) in [6.07, 6.45) is 1.70. The van der Waals surface area contributed by atoms with Crippen molar-refractivity contribution in [3.05, 3.63) is 47.3 Å². The quantitative estimate of drug-likeness (QED) is 0.592. The van der Waals surface area contributed by atoms with Gasteiger partial charge in [-0.1, -0.05) is 19.9 Å². The van der Waals surface area contributed by atoms with Crippen LogP contribution >= 0.6 is 0 Å². The second kappa shape index (κ2) is 6.32. The lowest BCUT2D eigenvalue weighted by Gasteiger charge is -2.11. The Balaban J connectivity index is 2.25. The largest absolute Gasteiger partial charge is 0.308 e. The highest BCUT2D eigenvalue weighted by Gasteiger charge is 2.12. The van der Waals surface area contributed by atoms with Crippen molar-refractivity contribution in [2.24, 2.45) is 5.84 Å². The van der Waals surface area contributed by atoms with Gasteiger partial charge in [0.1, 0.15) is 11.6 Å². The number of hydrogen-bond acceptors (Lipinski definition) is 5. The summed E-state index contributed by atoms with van der Waals surface area (Å²) in [6.45, 7) is 5.95. The van der Waals surface area contributed by atoms with Gasteiger partial charge in [-0.25, -0.2) is 15.8 Å². The third-order valence-corrected chi connectivity index (χ3v) is 3.00. The van der Waals surface area contributed by atoms with Gasteiger partial charge in [-0.2, -0.15) is 0 Å². The van der Waals surface area contributed by atoms with Gasteiger partial charge >= 0.3 is 0 Å². The molecule has 0 aliphatic heterocycles. The molecule has 0 aromatic carbocycles. The average molecular weight is 285 g/mol. The van der Waals surface area contributed by atoms with E-state index in [0.717, 1.165) is 11.3 Å². The maximum absolute atomic E-state index is 12.3. The van der Waals surface area contributed by atoms with Crippen LogP contribution in [0.4, 0.5) is 11.6 Å². The van der Waals surface area contributed by atoms with Crippen LogP contribution < -0.4 is 16.6 Å². The van der Waals surface area contributed by atoms with Crippen LogP contribution in [0.15, 0.2) is 30.5 Å². The van der Waals surface area contributed by atoms with Crippen molar-refractivity contribution in [1.29, 1.82) is 0 Å². The molecule has 1 amide bonds. The summed E-state index contributed by atoms with van der Waals surface area (Å²) in [4.78, 5) is 20.8. The molecule has 0 unspecified atom stereocenters. The first-order valence-corrected chi connectivity index (χ1v) is 6.72. The number of carbonyl (C=O) groups is 1. The molecule has 0 radical (unpaired) electrons.